The van der Waals surface area contributed by atoms with Crippen LogP contribution >= 0.6 is 12.4 Å². The maximum Gasteiger partial charge on any atom is 0.253 e. The summed E-state index contributed by atoms with van der Waals surface area (Å²) in [6, 6.07) is 5.65. The van der Waals surface area contributed by atoms with Gasteiger partial charge in [0, 0.05) is 30.9 Å². The van der Waals surface area contributed by atoms with E-state index < -0.39 is 0 Å². The van der Waals surface area contributed by atoms with Gasteiger partial charge in [-0.05, 0) is 55.2 Å². The zero-order valence-corrected chi connectivity index (χ0v) is 14.6. The summed E-state index contributed by atoms with van der Waals surface area (Å²) in [5.41, 5.74) is 8.71. The van der Waals surface area contributed by atoms with E-state index in [1.54, 1.807) is 4.90 Å². The highest BCUT2D eigenvalue weighted by atomic mass is 35.5. The molecule has 3 aliphatic rings. The van der Waals surface area contributed by atoms with Crippen molar-refractivity contribution in [1.29, 1.82) is 0 Å². The quantitative estimate of drug-likeness (QED) is 0.858. The van der Waals surface area contributed by atoms with Gasteiger partial charge in [0.25, 0.3) is 5.91 Å². The number of rotatable bonds is 2. The van der Waals surface area contributed by atoms with Gasteiger partial charge in [0.1, 0.15) is 0 Å². The van der Waals surface area contributed by atoms with Crippen molar-refractivity contribution in [1.82, 2.24) is 4.90 Å². The first-order chi connectivity index (χ1) is 11.0. The second kappa shape index (κ2) is 6.37. The lowest BCUT2D eigenvalue weighted by atomic mass is 9.84. The van der Waals surface area contributed by atoms with Crippen molar-refractivity contribution >= 4 is 29.9 Å². The summed E-state index contributed by atoms with van der Waals surface area (Å²) in [5, 5.41) is 2.99. The Kier molecular flexibility index (Phi) is 4.58. The molecule has 2 aliphatic carbocycles. The minimum absolute atomic E-state index is 0. The zero-order chi connectivity index (χ0) is 16.1. The van der Waals surface area contributed by atoms with Crippen LogP contribution in [-0.2, 0) is 11.2 Å². The topological polar surface area (TPSA) is 75.4 Å². The molecular weight excluding hydrogens is 326 g/mol. The second-order valence-corrected chi connectivity index (χ2v) is 7.27. The van der Waals surface area contributed by atoms with Gasteiger partial charge in [-0.25, -0.2) is 0 Å². The molecule has 4 unspecified atom stereocenters. The Labute approximate surface area is 148 Å². The predicted molar refractivity (Wildman–Crippen MR) is 95.3 cm³/mol. The third-order valence-corrected chi connectivity index (χ3v) is 5.95. The first-order valence-corrected chi connectivity index (χ1v) is 8.49. The minimum atomic E-state index is -0.0804. The van der Waals surface area contributed by atoms with Crippen molar-refractivity contribution in [2.75, 3.05) is 18.9 Å². The minimum Gasteiger partial charge on any atom is -0.341 e. The van der Waals surface area contributed by atoms with Crippen molar-refractivity contribution in [2.24, 2.45) is 23.5 Å². The van der Waals surface area contributed by atoms with E-state index in [0.717, 1.165) is 37.8 Å². The van der Waals surface area contributed by atoms with Crippen molar-refractivity contribution in [3.05, 3.63) is 29.3 Å². The fourth-order valence-corrected chi connectivity index (χ4v) is 4.62. The Morgan fingerprint density at radius 3 is 2.75 bits per heavy atom. The molecule has 0 radical (unpaired) electrons. The van der Waals surface area contributed by atoms with E-state index in [0.29, 0.717) is 23.1 Å². The molecule has 2 bridgehead atoms. The summed E-state index contributed by atoms with van der Waals surface area (Å²) >= 11 is 0. The van der Waals surface area contributed by atoms with Crippen LogP contribution in [0.2, 0.25) is 0 Å². The summed E-state index contributed by atoms with van der Waals surface area (Å²) in [6.07, 6.45) is 4.23. The summed E-state index contributed by atoms with van der Waals surface area (Å²) in [6.45, 7) is 0.748. The number of carbonyl (C=O) groups excluding carboxylic acids is 2. The molecule has 5 nitrogen and oxygen atoms in total. The first kappa shape index (κ1) is 17.2. The Bertz CT molecular complexity index is 676. The Morgan fingerprint density at radius 2 is 2.04 bits per heavy atom. The molecule has 2 saturated carbocycles. The monoisotopic (exact) mass is 349 g/mol. The van der Waals surface area contributed by atoms with Crippen LogP contribution in [0.5, 0.6) is 0 Å². The van der Waals surface area contributed by atoms with Crippen LogP contribution in [0.1, 0.15) is 35.2 Å². The summed E-state index contributed by atoms with van der Waals surface area (Å²) in [5.74, 6) is 0.901. The van der Waals surface area contributed by atoms with Crippen LogP contribution in [0.15, 0.2) is 18.2 Å². The Morgan fingerprint density at radius 1 is 1.29 bits per heavy atom. The fraction of sp³-hybridized carbons (Fsp3) is 0.556. The number of carbonyl (C=O) groups is 2. The number of anilines is 1. The smallest absolute Gasteiger partial charge is 0.253 e. The van der Waals surface area contributed by atoms with Crippen molar-refractivity contribution in [3.8, 4) is 0 Å². The highest BCUT2D eigenvalue weighted by Crippen LogP contribution is 2.47. The van der Waals surface area contributed by atoms with Crippen LogP contribution < -0.4 is 11.1 Å². The summed E-state index contributed by atoms with van der Waals surface area (Å²) < 4.78 is 0. The number of halogens is 1. The van der Waals surface area contributed by atoms with Crippen LogP contribution in [-0.4, -0.2) is 36.3 Å². The third kappa shape index (κ3) is 2.70. The van der Waals surface area contributed by atoms with Crippen LogP contribution in [0.25, 0.3) is 0 Å². The largest absolute Gasteiger partial charge is 0.341 e. The summed E-state index contributed by atoms with van der Waals surface area (Å²) in [4.78, 5) is 26.6. The highest BCUT2D eigenvalue weighted by Gasteiger charge is 2.49. The van der Waals surface area contributed by atoms with Gasteiger partial charge in [0.15, 0.2) is 0 Å². The lowest BCUT2D eigenvalue weighted by Crippen LogP contribution is -2.42. The van der Waals surface area contributed by atoms with Gasteiger partial charge in [0.05, 0.1) is 5.92 Å². The Hall–Kier alpha value is -1.59. The molecule has 4 atom stereocenters. The van der Waals surface area contributed by atoms with Gasteiger partial charge in [0.2, 0.25) is 5.91 Å². The first-order valence-electron chi connectivity index (χ1n) is 8.49. The number of hydrogen-bond donors (Lipinski definition) is 2. The molecule has 0 spiro atoms. The van der Waals surface area contributed by atoms with E-state index in [1.807, 2.05) is 25.2 Å². The standard InChI is InChI=1S/C18H23N3O2.ClH/c1-21-7-6-10-4-5-13(9-14(10)18(21)23)20-17(22)15-11-2-3-12(8-11)16(15)19;/h4-5,9,11-12,15-16H,2-3,6-8,19H2,1H3,(H,20,22);1H. The van der Waals surface area contributed by atoms with E-state index in [1.165, 1.54) is 0 Å². The number of fused-ring (bicyclic) bond motifs is 3. The molecule has 0 aromatic heterocycles. The Balaban J connectivity index is 0.00000169. The van der Waals surface area contributed by atoms with Gasteiger partial charge in [-0.15, -0.1) is 12.4 Å². The van der Waals surface area contributed by atoms with Gasteiger partial charge < -0.3 is 16.0 Å². The molecule has 1 aromatic carbocycles. The maximum atomic E-state index is 12.6. The molecule has 24 heavy (non-hydrogen) atoms. The summed E-state index contributed by atoms with van der Waals surface area (Å²) in [7, 11) is 1.81. The highest BCUT2D eigenvalue weighted by molar-refractivity contribution is 5.99. The molecule has 1 aromatic rings. The molecule has 2 fully saturated rings. The number of hydrogen-bond acceptors (Lipinski definition) is 3. The molecule has 6 heteroatoms. The number of amides is 2. The third-order valence-electron chi connectivity index (χ3n) is 5.95. The lowest BCUT2D eigenvalue weighted by Gasteiger charge is -2.28. The predicted octanol–water partition coefficient (Wildman–Crippen LogP) is 2.05. The molecule has 4 rings (SSSR count). The fourth-order valence-electron chi connectivity index (χ4n) is 4.62. The van der Waals surface area contributed by atoms with Crippen LogP contribution in [0, 0.1) is 17.8 Å². The maximum absolute atomic E-state index is 12.6. The van der Waals surface area contributed by atoms with Gasteiger partial charge >= 0.3 is 0 Å². The SMILES string of the molecule is CN1CCc2ccc(NC(=O)C3C4CCC(C4)C3N)cc2C1=O.Cl. The van der Waals surface area contributed by atoms with E-state index in [9.17, 15) is 9.59 Å². The van der Waals surface area contributed by atoms with Crippen molar-refractivity contribution < 1.29 is 9.59 Å². The molecule has 0 saturated heterocycles. The van der Waals surface area contributed by atoms with Gasteiger partial charge in [-0.3, -0.25) is 9.59 Å². The number of nitrogens with one attached hydrogen (secondary N) is 1. The van der Waals surface area contributed by atoms with Crippen LogP contribution in [0.4, 0.5) is 5.69 Å². The second-order valence-electron chi connectivity index (χ2n) is 7.27. The number of likely N-dealkylation sites (N-methyl/N-ethyl adjacent to an activating group) is 1. The average molecular weight is 350 g/mol. The van der Waals surface area contributed by atoms with Gasteiger partial charge in [-0.1, -0.05) is 6.07 Å². The number of nitrogens with zero attached hydrogens (tertiary/aromatic N) is 1. The van der Waals surface area contributed by atoms with Crippen LogP contribution in [0.3, 0.4) is 0 Å². The molecule has 1 aliphatic heterocycles. The normalized spacial score (nSPS) is 30.8. The zero-order valence-electron chi connectivity index (χ0n) is 13.8. The van der Waals surface area contributed by atoms with Crippen molar-refractivity contribution in [2.45, 2.75) is 31.7 Å². The molecule has 1 heterocycles. The lowest BCUT2D eigenvalue weighted by molar-refractivity contribution is -0.121. The molecule has 130 valence electrons. The van der Waals surface area contributed by atoms with E-state index >= 15 is 0 Å². The molecular formula is C18H24ClN3O2. The molecule has 3 N–H and O–H groups in total. The van der Waals surface area contributed by atoms with E-state index in [2.05, 4.69) is 5.32 Å². The number of benzene rings is 1. The average Bonchev–Trinajstić information content (AvgIpc) is 3.12. The van der Waals surface area contributed by atoms with E-state index in [-0.39, 0.29) is 36.2 Å². The van der Waals surface area contributed by atoms with E-state index in [4.69, 9.17) is 5.73 Å². The van der Waals surface area contributed by atoms with Gasteiger partial charge in [-0.2, -0.15) is 0 Å². The number of nitrogens with two attached hydrogens (primary N) is 1. The molecule has 2 amide bonds. The van der Waals surface area contributed by atoms with Crippen molar-refractivity contribution in [3.63, 3.8) is 0 Å².